The van der Waals surface area contributed by atoms with Crippen LogP contribution in [-0.2, 0) is 17.6 Å². The van der Waals surface area contributed by atoms with Crippen LogP contribution in [0.4, 0.5) is 0 Å². The second-order valence-electron chi connectivity index (χ2n) is 6.29. The third kappa shape index (κ3) is 3.48. The first-order valence-corrected chi connectivity index (χ1v) is 8.97. The molecule has 0 amide bonds. The molecule has 0 aliphatic carbocycles. The van der Waals surface area contributed by atoms with Crippen molar-refractivity contribution in [1.29, 1.82) is 0 Å². The number of aromatic nitrogens is 1. The summed E-state index contributed by atoms with van der Waals surface area (Å²) in [5.74, 6) is 1.34. The summed E-state index contributed by atoms with van der Waals surface area (Å²) in [5, 5.41) is 1.18. The number of carbonyl (C=O) groups excluding carboxylic acids is 1. The zero-order valence-electron chi connectivity index (χ0n) is 13.7. The number of Topliss-reactive ketones (excluding diaryl/α,β-unsaturated/α-hetero) is 1. The maximum atomic E-state index is 12.7. The van der Waals surface area contributed by atoms with E-state index in [-0.39, 0.29) is 11.7 Å². The molecule has 0 fully saturated rings. The molecule has 132 valence electrons. The molecule has 26 heavy (non-hydrogen) atoms. The van der Waals surface area contributed by atoms with E-state index in [2.05, 4.69) is 4.98 Å². The van der Waals surface area contributed by atoms with E-state index in [0.717, 1.165) is 22.4 Å². The number of ether oxygens (including phenoxy) is 1. The topological polar surface area (TPSA) is 52.3 Å². The number of rotatable bonds is 4. The maximum Gasteiger partial charge on any atom is 0.181 e. The van der Waals surface area contributed by atoms with Crippen molar-refractivity contribution in [2.45, 2.75) is 12.8 Å². The minimum atomic E-state index is -0.186. The number of benzene rings is 2. The van der Waals surface area contributed by atoms with Crippen molar-refractivity contribution in [3.8, 4) is 17.1 Å². The monoisotopic (exact) mass is 387 g/mol. The molecular weight excluding hydrogens is 373 g/mol. The number of nitrogens with zero attached hydrogens (tertiary/aromatic N) is 1. The molecule has 0 N–H and O–H groups in total. The summed E-state index contributed by atoms with van der Waals surface area (Å²) in [6.07, 6.45) is 3.91. The summed E-state index contributed by atoms with van der Waals surface area (Å²) in [7, 11) is 0. The summed E-state index contributed by atoms with van der Waals surface area (Å²) in [6, 6.07) is 11.0. The number of fused-ring (bicyclic) bond motifs is 1. The predicted octanol–water partition coefficient (Wildman–Crippen LogP) is 5.01. The Hall–Kier alpha value is -2.30. The summed E-state index contributed by atoms with van der Waals surface area (Å²) in [4.78, 5) is 16.6. The molecule has 1 atom stereocenters. The molecule has 4 nitrogen and oxygen atoms in total. The van der Waals surface area contributed by atoms with E-state index in [1.165, 1.54) is 6.39 Å². The fraction of sp³-hybridized carbons (Fsp3) is 0.200. The molecule has 1 unspecified atom stereocenters. The molecule has 0 saturated carbocycles. The lowest BCUT2D eigenvalue weighted by atomic mass is 9.90. The number of ketones is 1. The second-order valence-corrected chi connectivity index (χ2v) is 7.13. The zero-order chi connectivity index (χ0) is 18.1. The normalized spacial score (nSPS) is 16.0. The van der Waals surface area contributed by atoms with E-state index < -0.39 is 0 Å². The van der Waals surface area contributed by atoms with Crippen molar-refractivity contribution in [3.63, 3.8) is 0 Å². The van der Waals surface area contributed by atoms with Crippen LogP contribution >= 0.6 is 23.2 Å². The highest BCUT2D eigenvalue weighted by atomic mass is 35.5. The first-order chi connectivity index (χ1) is 12.6. The number of halogens is 2. The van der Waals surface area contributed by atoms with E-state index in [9.17, 15) is 4.79 Å². The third-order valence-corrected chi connectivity index (χ3v) is 5.04. The largest absolute Gasteiger partial charge is 0.493 e. The van der Waals surface area contributed by atoms with Crippen molar-refractivity contribution in [2.75, 3.05) is 6.61 Å². The Kier molecular flexibility index (Phi) is 4.70. The SMILES string of the molecule is O=C(Cc1ccc(-c2cnco2)c(Cl)c1)C1COc2ccc(Cl)cc2C1. The van der Waals surface area contributed by atoms with E-state index in [0.29, 0.717) is 35.3 Å². The van der Waals surface area contributed by atoms with Crippen molar-refractivity contribution >= 4 is 29.0 Å². The van der Waals surface area contributed by atoms with Crippen LogP contribution in [0.15, 0.2) is 53.4 Å². The van der Waals surface area contributed by atoms with Gasteiger partial charge in [-0.3, -0.25) is 4.79 Å². The molecule has 2 heterocycles. The Morgan fingerprint density at radius 2 is 2.08 bits per heavy atom. The molecule has 0 radical (unpaired) electrons. The van der Waals surface area contributed by atoms with Gasteiger partial charge in [0.2, 0.25) is 0 Å². The van der Waals surface area contributed by atoms with Gasteiger partial charge in [-0.05, 0) is 47.9 Å². The van der Waals surface area contributed by atoms with Gasteiger partial charge >= 0.3 is 0 Å². The van der Waals surface area contributed by atoms with Crippen LogP contribution in [0, 0.1) is 5.92 Å². The van der Waals surface area contributed by atoms with Gasteiger partial charge in [-0.1, -0.05) is 29.3 Å². The van der Waals surface area contributed by atoms with Crippen molar-refractivity contribution in [2.24, 2.45) is 5.92 Å². The van der Waals surface area contributed by atoms with Crippen LogP contribution in [0.2, 0.25) is 10.0 Å². The average Bonchev–Trinajstić information content (AvgIpc) is 3.15. The predicted molar refractivity (Wildman–Crippen MR) is 99.8 cm³/mol. The number of hydrogen-bond donors (Lipinski definition) is 0. The van der Waals surface area contributed by atoms with Crippen LogP contribution in [-0.4, -0.2) is 17.4 Å². The lowest BCUT2D eigenvalue weighted by molar-refractivity contribution is -0.123. The number of carbonyl (C=O) groups is 1. The van der Waals surface area contributed by atoms with Crippen molar-refractivity contribution < 1.29 is 13.9 Å². The Bertz CT molecular complexity index is 954. The molecule has 1 aliphatic heterocycles. The minimum Gasteiger partial charge on any atom is -0.493 e. The van der Waals surface area contributed by atoms with E-state index in [1.807, 2.05) is 24.3 Å². The third-order valence-electron chi connectivity index (χ3n) is 4.49. The van der Waals surface area contributed by atoms with E-state index in [1.54, 1.807) is 18.3 Å². The standard InChI is InChI=1S/C20H15Cl2NO3/c21-15-2-4-19-13(8-15)7-14(10-25-19)18(24)6-12-1-3-16(17(22)5-12)20-9-23-11-26-20/h1-5,8-9,11,14H,6-7,10H2. The molecule has 0 bridgehead atoms. The molecule has 6 heteroatoms. The summed E-state index contributed by atoms with van der Waals surface area (Å²) >= 11 is 12.4. The second kappa shape index (κ2) is 7.14. The molecule has 1 aliphatic rings. The highest BCUT2D eigenvalue weighted by molar-refractivity contribution is 6.33. The fourth-order valence-corrected chi connectivity index (χ4v) is 3.62. The maximum absolute atomic E-state index is 12.7. The van der Waals surface area contributed by atoms with Crippen molar-refractivity contribution in [3.05, 3.63) is 70.2 Å². The van der Waals surface area contributed by atoms with Gasteiger partial charge in [-0.2, -0.15) is 0 Å². The van der Waals surface area contributed by atoms with Crippen molar-refractivity contribution in [1.82, 2.24) is 4.98 Å². The quantitative estimate of drug-likeness (QED) is 0.631. The van der Waals surface area contributed by atoms with Gasteiger partial charge in [-0.15, -0.1) is 0 Å². The molecule has 0 spiro atoms. The van der Waals surface area contributed by atoms with Crippen LogP contribution in [0.5, 0.6) is 5.75 Å². The van der Waals surface area contributed by atoms with Crippen LogP contribution in [0.3, 0.4) is 0 Å². The van der Waals surface area contributed by atoms with Gasteiger partial charge in [0, 0.05) is 17.0 Å². The molecule has 4 rings (SSSR count). The van der Waals surface area contributed by atoms with Crippen LogP contribution < -0.4 is 4.74 Å². The number of oxazole rings is 1. The number of hydrogen-bond acceptors (Lipinski definition) is 4. The van der Waals surface area contributed by atoms with Crippen LogP contribution in [0.25, 0.3) is 11.3 Å². The highest BCUT2D eigenvalue weighted by Crippen LogP contribution is 2.32. The van der Waals surface area contributed by atoms with Crippen LogP contribution in [0.1, 0.15) is 11.1 Å². The molecule has 1 aromatic heterocycles. The zero-order valence-corrected chi connectivity index (χ0v) is 15.3. The lowest BCUT2D eigenvalue weighted by Crippen LogP contribution is -2.29. The average molecular weight is 388 g/mol. The first-order valence-electron chi connectivity index (χ1n) is 8.21. The molecule has 2 aromatic carbocycles. The van der Waals surface area contributed by atoms with Gasteiger partial charge in [0.25, 0.3) is 0 Å². The Balaban J connectivity index is 1.48. The van der Waals surface area contributed by atoms with E-state index in [4.69, 9.17) is 32.4 Å². The summed E-state index contributed by atoms with van der Waals surface area (Å²) < 4.78 is 11.0. The smallest absolute Gasteiger partial charge is 0.181 e. The van der Waals surface area contributed by atoms with Gasteiger partial charge < -0.3 is 9.15 Å². The van der Waals surface area contributed by atoms with Gasteiger partial charge in [-0.25, -0.2) is 4.98 Å². The Labute approximate surface area is 160 Å². The fourth-order valence-electron chi connectivity index (χ4n) is 3.13. The molecule has 3 aromatic rings. The Morgan fingerprint density at radius 1 is 1.19 bits per heavy atom. The minimum absolute atomic E-state index is 0.124. The summed E-state index contributed by atoms with van der Waals surface area (Å²) in [5.41, 5.74) is 2.59. The molecular formula is C20H15Cl2NO3. The van der Waals surface area contributed by atoms with Gasteiger partial charge in [0.1, 0.15) is 11.5 Å². The van der Waals surface area contributed by atoms with Gasteiger partial charge in [0.15, 0.2) is 12.2 Å². The molecule has 0 saturated heterocycles. The van der Waals surface area contributed by atoms with E-state index >= 15 is 0 Å². The summed E-state index contributed by atoms with van der Waals surface area (Å²) in [6.45, 7) is 0.386. The lowest BCUT2D eigenvalue weighted by Gasteiger charge is -2.24. The van der Waals surface area contributed by atoms with Gasteiger partial charge in [0.05, 0.1) is 23.7 Å². The first kappa shape index (κ1) is 17.1. The highest BCUT2D eigenvalue weighted by Gasteiger charge is 2.26. The Morgan fingerprint density at radius 3 is 2.85 bits per heavy atom.